The van der Waals surface area contributed by atoms with Crippen LogP contribution in [0, 0.1) is 11.6 Å². The Morgan fingerprint density at radius 1 is 1.33 bits per heavy atom. The molecule has 82 valence electrons. The van der Waals surface area contributed by atoms with Crippen LogP contribution >= 0.6 is 15.9 Å². The Kier molecular flexibility index (Phi) is 2.81. The third-order valence-corrected chi connectivity index (χ3v) is 3.81. The molecule has 1 aliphatic carbocycles. The number of nitrogens with two attached hydrogens (primary N) is 1. The zero-order valence-electron chi connectivity index (χ0n) is 8.19. The van der Waals surface area contributed by atoms with Crippen molar-refractivity contribution in [3.8, 4) is 0 Å². The highest BCUT2D eigenvalue weighted by Crippen LogP contribution is 2.52. The smallest absolute Gasteiger partial charge is 0.144 e. The lowest BCUT2D eigenvalue weighted by atomic mass is 9.92. The van der Waals surface area contributed by atoms with Gasteiger partial charge < -0.3 is 5.73 Å². The van der Waals surface area contributed by atoms with Gasteiger partial charge >= 0.3 is 0 Å². The van der Waals surface area contributed by atoms with Crippen molar-refractivity contribution in [1.82, 2.24) is 0 Å². The van der Waals surface area contributed by atoms with E-state index in [4.69, 9.17) is 5.73 Å². The minimum Gasteiger partial charge on any atom is -0.330 e. The minimum atomic E-state index is -0.556. The summed E-state index contributed by atoms with van der Waals surface area (Å²) in [6.45, 7) is 0.536. The second-order valence-corrected chi connectivity index (χ2v) is 4.83. The first kappa shape index (κ1) is 11.0. The van der Waals surface area contributed by atoms with E-state index in [-0.39, 0.29) is 9.89 Å². The van der Waals surface area contributed by atoms with Crippen molar-refractivity contribution in [2.24, 2.45) is 5.73 Å². The zero-order chi connectivity index (χ0) is 11.1. The van der Waals surface area contributed by atoms with E-state index in [1.807, 2.05) is 0 Å². The fourth-order valence-electron chi connectivity index (χ4n) is 2.02. The van der Waals surface area contributed by atoms with Gasteiger partial charge in [-0.2, -0.15) is 0 Å². The molecule has 0 radical (unpaired) electrons. The number of rotatable bonds is 3. The molecule has 0 saturated heterocycles. The van der Waals surface area contributed by atoms with Crippen LogP contribution in [0.15, 0.2) is 16.6 Å². The standard InChI is InChI=1S/C11H12BrF2N/c12-9-8(13)2-1-7(10(9)14)11(3-4-11)5-6-15/h1-2H,3-6,15H2. The highest BCUT2D eigenvalue weighted by atomic mass is 79.9. The van der Waals surface area contributed by atoms with Crippen molar-refractivity contribution in [1.29, 1.82) is 0 Å². The molecular weight excluding hydrogens is 264 g/mol. The minimum absolute atomic E-state index is 0.0664. The fraction of sp³-hybridized carbons (Fsp3) is 0.455. The molecular formula is C11H12BrF2N. The molecule has 1 aromatic carbocycles. The van der Waals surface area contributed by atoms with Gasteiger partial charge in [-0.15, -0.1) is 0 Å². The Hall–Kier alpha value is -0.480. The second-order valence-electron chi connectivity index (χ2n) is 4.04. The maximum atomic E-state index is 13.8. The van der Waals surface area contributed by atoms with Crippen LogP contribution in [0.3, 0.4) is 0 Å². The summed E-state index contributed by atoms with van der Waals surface area (Å²) in [5, 5.41) is 0. The van der Waals surface area contributed by atoms with Gasteiger partial charge in [-0.05, 0) is 58.8 Å². The van der Waals surface area contributed by atoms with Crippen LogP contribution in [-0.2, 0) is 5.41 Å². The fourth-order valence-corrected chi connectivity index (χ4v) is 2.36. The topological polar surface area (TPSA) is 26.0 Å². The first-order valence-electron chi connectivity index (χ1n) is 4.95. The van der Waals surface area contributed by atoms with Crippen LogP contribution in [0.2, 0.25) is 0 Å². The van der Waals surface area contributed by atoms with Crippen LogP contribution in [-0.4, -0.2) is 6.54 Å². The Bertz CT molecular complexity index is 388. The van der Waals surface area contributed by atoms with Gasteiger partial charge in [0.15, 0.2) is 0 Å². The number of benzene rings is 1. The number of hydrogen-bond donors (Lipinski definition) is 1. The molecule has 1 fully saturated rings. The van der Waals surface area contributed by atoms with Crippen LogP contribution in [0.5, 0.6) is 0 Å². The maximum Gasteiger partial charge on any atom is 0.144 e. The molecule has 1 saturated carbocycles. The summed E-state index contributed by atoms with van der Waals surface area (Å²) in [5.74, 6) is -1.03. The van der Waals surface area contributed by atoms with Crippen molar-refractivity contribution < 1.29 is 8.78 Å². The van der Waals surface area contributed by atoms with Gasteiger partial charge in [-0.3, -0.25) is 0 Å². The average Bonchev–Trinajstić information content (AvgIpc) is 2.96. The molecule has 4 heteroatoms. The van der Waals surface area contributed by atoms with Crippen molar-refractivity contribution in [2.75, 3.05) is 6.54 Å². The van der Waals surface area contributed by atoms with E-state index < -0.39 is 11.6 Å². The van der Waals surface area contributed by atoms with Crippen LogP contribution in [0.1, 0.15) is 24.8 Å². The summed E-state index contributed by atoms with van der Waals surface area (Å²) >= 11 is 2.92. The molecule has 2 N–H and O–H groups in total. The van der Waals surface area contributed by atoms with Gasteiger partial charge in [0, 0.05) is 0 Å². The van der Waals surface area contributed by atoms with Gasteiger partial charge in [0.25, 0.3) is 0 Å². The quantitative estimate of drug-likeness (QED) is 0.843. The molecule has 0 aromatic heterocycles. The predicted molar refractivity (Wildman–Crippen MR) is 58.6 cm³/mol. The summed E-state index contributed by atoms with van der Waals surface area (Å²) in [6, 6.07) is 2.84. The van der Waals surface area contributed by atoms with Crippen LogP contribution in [0.4, 0.5) is 8.78 Å². The summed E-state index contributed by atoms with van der Waals surface area (Å²) in [7, 11) is 0. The zero-order valence-corrected chi connectivity index (χ0v) is 9.78. The van der Waals surface area contributed by atoms with E-state index in [1.54, 1.807) is 0 Å². The van der Waals surface area contributed by atoms with Gasteiger partial charge in [-0.25, -0.2) is 8.78 Å². The van der Waals surface area contributed by atoms with E-state index in [9.17, 15) is 8.78 Å². The average molecular weight is 276 g/mol. The van der Waals surface area contributed by atoms with Crippen molar-refractivity contribution in [3.05, 3.63) is 33.8 Å². The lowest BCUT2D eigenvalue weighted by molar-refractivity contribution is 0.526. The molecule has 0 amide bonds. The first-order valence-corrected chi connectivity index (χ1v) is 5.74. The van der Waals surface area contributed by atoms with Crippen LogP contribution < -0.4 is 5.73 Å². The molecule has 0 bridgehead atoms. The molecule has 2 rings (SSSR count). The van der Waals surface area contributed by atoms with E-state index >= 15 is 0 Å². The summed E-state index contributed by atoms with van der Waals surface area (Å²) in [4.78, 5) is 0. The molecule has 0 spiro atoms. The van der Waals surface area contributed by atoms with E-state index in [0.29, 0.717) is 12.1 Å². The monoisotopic (exact) mass is 275 g/mol. The highest BCUT2D eigenvalue weighted by molar-refractivity contribution is 9.10. The third kappa shape index (κ3) is 1.81. The SMILES string of the molecule is NCCC1(c2ccc(F)c(Br)c2F)CC1. The second kappa shape index (κ2) is 3.83. The molecule has 1 aliphatic rings. The lowest BCUT2D eigenvalue weighted by Crippen LogP contribution is -2.15. The third-order valence-electron chi connectivity index (χ3n) is 3.08. The summed E-state index contributed by atoms with van der Waals surface area (Å²) in [5.41, 5.74) is 5.97. The van der Waals surface area contributed by atoms with Gasteiger partial charge in [0.05, 0.1) is 4.47 Å². The largest absolute Gasteiger partial charge is 0.330 e. The molecule has 0 aliphatic heterocycles. The van der Waals surface area contributed by atoms with Gasteiger partial charge in [-0.1, -0.05) is 6.07 Å². The van der Waals surface area contributed by atoms with Crippen molar-refractivity contribution >= 4 is 15.9 Å². The maximum absolute atomic E-state index is 13.8. The van der Waals surface area contributed by atoms with E-state index in [2.05, 4.69) is 15.9 Å². The number of hydrogen-bond acceptors (Lipinski definition) is 1. The summed E-state index contributed by atoms with van der Waals surface area (Å²) in [6.07, 6.45) is 2.65. The Labute approximate surface area is 95.8 Å². The Morgan fingerprint density at radius 3 is 2.53 bits per heavy atom. The predicted octanol–water partition coefficient (Wildman–Crippen LogP) is 3.11. The Balaban J connectivity index is 2.41. The van der Waals surface area contributed by atoms with Crippen LogP contribution in [0.25, 0.3) is 0 Å². The highest BCUT2D eigenvalue weighted by Gasteiger charge is 2.45. The number of halogens is 3. The molecule has 15 heavy (non-hydrogen) atoms. The molecule has 0 heterocycles. The summed E-state index contributed by atoms with van der Waals surface area (Å²) < 4.78 is 26.8. The molecule has 1 nitrogen and oxygen atoms in total. The van der Waals surface area contributed by atoms with Gasteiger partial charge in [0.1, 0.15) is 11.6 Å². The van der Waals surface area contributed by atoms with Gasteiger partial charge in [0.2, 0.25) is 0 Å². The van der Waals surface area contributed by atoms with Crippen molar-refractivity contribution in [3.63, 3.8) is 0 Å². The van der Waals surface area contributed by atoms with Crippen molar-refractivity contribution in [2.45, 2.75) is 24.7 Å². The molecule has 0 unspecified atom stereocenters. The molecule has 1 aromatic rings. The normalized spacial score (nSPS) is 17.9. The van der Waals surface area contributed by atoms with E-state index in [0.717, 1.165) is 19.3 Å². The Morgan fingerprint density at radius 2 is 2.00 bits per heavy atom. The molecule has 0 atom stereocenters. The lowest BCUT2D eigenvalue weighted by Gasteiger charge is -2.16. The first-order chi connectivity index (χ1) is 7.10. The van der Waals surface area contributed by atoms with E-state index in [1.165, 1.54) is 12.1 Å².